The smallest absolute Gasteiger partial charge is 0.237 e. The van der Waals surface area contributed by atoms with Crippen molar-refractivity contribution < 1.29 is 14.3 Å². The van der Waals surface area contributed by atoms with Crippen molar-refractivity contribution in [3.63, 3.8) is 0 Å². The molecule has 0 aromatic carbocycles. The molecule has 2 amide bonds. The quantitative estimate of drug-likeness (QED) is 0.596. The van der Waals surface area contributed by atoms with Crippen molar-refractivity contribution in [1.29, 1.82) is 0 Å². The van der Waals surface area contributed by atoms with Crippen molar-refractivity contribution in [2.75, 3.05) is 59.5 Å². The summed E-state index contributed by atoms with van der Waals surface area (Å²) in [5.74, 6) is 0.465. The molecule has 2 N–H and O–H groups in total. The van der Waals surface area contributed by atoms with E-state index in [9.17, 15) is 9.59 Å². The van der Waals surface area contributed by atoms with E-state index in [1.165, 1.54) is 0 Å². The normalized spacial score (nSPS) is 21.9. The number of piperidine rings is 1. The lowest BCUT2D eigenvalue weighted by molar-refractivity contribution is -0.138. The number of carbonyl (C=O) groups is 2. The van der Waals surface area contributed by atoms with E-state index >= 15 is 0 Å². The van der Waals surface area contributed by atoms with Crippen molar-refractivity contribution >= 4 is 36.6 Å². The second-order valence-electron chi connectivity index (χ2n) is 6.72. The van der Waals surface area contributed by atoms with Crippen LogP contribution in [0.3, 0.4) is 0 Å². The summed E-state index contributed by atoms with van der Waals surface area (Å²) in [5, 5.41) is 6.26. The molecule has 2 unspecified atom stereocenters. The number of nitrogens with zero attached hydrogens (tertiary/aromatic N) is 2. The SMILES string of the molecule is COCCCNC(=O)C(C)N1CCN(C(=O)C2CCCNC2)CC1.Cl.Cl. The summed E-state index contributed by atoms with van der Waals surface area (Å²) in [7, 11) is 1.66. The summed E-state index contributed by atoms with van der Waals surface area (Å²) in [6.07, 6.45) is 2.90. The number of amides is 2. The molecule has 2 atom stereocenters. The van der Waals surface area contributed by atoms with Crippen LogP contribution >= 0.6 is 24.8 Å². The fourth-order valence-electron chi connectivity index (χ4n) is 3.39. The van der Waals surface area contributed by atoms with Gasteiger partial charge in [-0.15, -0.1) is 24.8 Å². The van der Waals surface area contributed by atoms with Crippen molar-refractivity contribution in [3.8, 4) is 0 Å². The van der Waals surface area contributed by atoms with Gasteiger partial charge in [-0.2, -0.15) is 0 Å². The van der Waals surface area contributed by atoms with Gasteiger partial charge in [0.1, 0.15) is 0 Å². The maximum Gasteiger partial charge on any atom is 0.237 e. The fourth-order valence-corrected chi connectivity index (χ4v) is 3.39. The van der Waals surface area contributed by atoms with E-state index in [4.69, 9.17) is 4.74 Å². The highest BCUT2D eigenvalue weighted by molar-refractivity contribution is 5.85. The number of piperazine rings is 1. The zero-order valence-electron chi connectivity index (χ0n) is 15.9. The molecule has 26 heavy (non-hydrogen) atoms. The second-order valence-corrected chi connectivity index (χ2v) is 6.72. The van der Waals surface area contributed by atoms with Crippen molar-refractivity contribution in [2.24, 2.45) is 5.92 Å². The fraction of sp³-hybridized carbons (Fsp3) is 0.882. The molecule has 0 bridgehead atoms. The van der Waals surface area contributed by atoms with E-state index < -0.39 is 0 Å². The Morgan fingerprint density at radius 1 is 1.23 bits per heavy atom. The van der Waals surface area contributed by atoms with Crippen LogP contribution < -0.4 is 10.6 Å². The van der Waals surface area contributed by atoms with E-state index in [0.717, 1.165) is 58.5 Å². The topological polar surface area (TPSA) is 73.9 Å². The third kappa shape index (κ3) is 7.56. The highest BCUT2D eigenvalue weighted by atomic mass is 35.5. The van der Waals surface area contributed by atoms with E-state index in [2.05, 4.69) is 15.5 Å². The Balaban J connectivity index is 0.00000312. The molecular weight excluding hydrogens is 379 g/mol. The number of halogens is 2. The predicted octanol–water partition coefficient (Wildman–Crippen LogP) is 0.515. The summed E-state index contributed by atoms with van der Waals surface area (Å²) in [6, 6.07) is -0.152. The number of hydrogen-bond acceptors (Lipinski definition) is 5. The van der Waals surface area contributed by atoms with Gasteiger partial charge in [0.25, 0.3) is 0 Å². The predicted molar refractivity (Wildman–Crippen MR) is 107 cm³/mol. The maximum atomic E-state index is 12.5. The lowest BCUT2D eigenvalue weighted by Gasteiger charge is -2.39. The van der Waals surface area contributed by atoms with E-state index in [-0.39, 0.29) is 48.6 Å². The average molecular weight is 413 g/mol. The van der Waals surface area contributed by atoms with Crippen molar-refractivity contribution in [2.45, 2.75) is 32.2 Å². The molecule has 9 heteroatoms. The van der Waals surface area contributed by atoms with Gasteiger partial charge in [-0.25, -0.2) is 0 Å². The molecule has 0 spiro atoms. The highest BCUT2D eigenvalue weighted by Crippen LogP contribution is 2.15. The molecule has 2 saturated heterocycles. The number of methoxy groups -OCH3 is 1. The largest absolute Gasteiger partial charge is 0.385 e. The van der Waals surface area contributed by atoms with Crippen LogP contribution in [-0.2, 0) is 14.3 Å². The Bertz CT molecular complexity index is 415. The summed E-state index contributed by atoms with van der Waals surface area (Å²) < 4.78 is 4.98. The Morgan fingerprint density at radius 3 is 2.50 bits per heavy atom. The highest BCUT2D eigenvalue weighted by Gasteiger charge is 2.30. The monoisotopic (exact) mass is 412 g/mol. The minimum Gasteiger partial charge on any atom is -0.385 e. The molecule has 0 aromatic heterocycles. The molecule has 2 fully saturated rings. The van der Waals surface area contributed by atoms with Gasteiger partial charge in [-0.1, -0.05) is 0 Å². The van der Waals surface area contributed by atoms with Gasteiger partial charge in [0.15, 0.2) is 0 Å². The molecule has 0 saturated carbocycles. The molecule has 0 radical (unpaired) electrons. The first-order valence-electron chi connectivity index (χ1n) is 9.13. The van der Waals surface area contributed by atoms with Gasteiger partial charge in [0.2, 0.25) is 11.8 Å². The summed E-state index contributed by atoms with van der Waals surface area (Å²) >= 11 is 0. The number of nitrogens with one attached hydrogen (secondary N) is 2. The summed E-state index contributed by atoms with van der Waals surface area (Å²) in [5.41, 5.74) is 0. The zero-order chi connectivity index (χ0) is 17.4. The number of ether oxygens (including phenoxy) is 1. The third-order valence-corrected chi connectivity index (χ3v) is 5.02. The number of hydrogen-bond donors (Lipinski definition) is 2. The summed E-state index contributed by atoms with van der Waals surface area (Å²) in [4.78, 5) is 28.9. The molecule has 0 aromatic rings. The lowest BCUT2D eigenvalue weighted by Crippen LogP contribution is -2.56. The second kappa shape index (κ2) is 13.6. The molecule has 2 aliphatic heterocycles. The molecule has 0 aliphatic carbocycles. The van der Waals surface area contributed by atoms with Gasteiger partial charge in [-0.3, -0.25) is 14.5 Å². The molecule has 2 rings (SSSR count). The lowest BCUT2D eigenvalue weighted by atomic mass is 9.98. The van der Waals surface area contributed by atoms with Crippen LogP contribution in [-0.4, -0.2) is 87.2 Å². The number of carbonyl (C=O) groups excluding carboxylic acids is 2. The first-order valence-corrected chi connectivity index (χ1v) is 9.13. The Kier molecular flexibility index (Phi) is 13.2. The van der Waals surface area contributed by atoms with Crippen LogP contribution in [0.25, 0.3) is 0 Å². The van der Waals surface area contributed by atoms with Gasteiger partial charge in [-0.05, 0) is 32.7 Å². The average Bonchev–Trinajstić information content (AvgIpc) is 2.64. The molecule has 2 aliphatic rings. The molecular formula is C17H34Cl2N4O3. The van der Waals surface area contributed by atoms with Crippen LogP contribution in [0.4, 0.5) is 0 Å². The van der Waals surface area contributed by atoms with Crippen LogP contribution in [0.2, 0.25) is 0 Å². The van der Waals surface area contributed by atoms with E-state index in [1.54, 1.807) is 7.11 Å². The standard InChI is InChI=1S/C17H32N4O3.2ClH/c1-14(16(22)19-7-4-12-24-2)20-8-10-21(11-9-20)17(23)15-5-3-6-18-13-15;;/h14-15,18H,3-13H2,1-2H3,(H,19,22);2*1H. The van der Waals surface area contributed by atoms with Crippen LogP contribution in [0.1, 0.15) is 26.2 Å². The van der Waals surface area contributed by atoms with Gasteiger partial charge < -0.3 is 20.3 Å². The van der Waals surface area contributed by atoms with Crippen molar-refractivity contribution in [3.05, 3.63) is 0 Å². The first kappa shape index (κ1) is 25.4. The number of rotatable bonds is 7. The van der Waals surface area contributed by atoms with Gasteiger partial charge in [0.05, 0.1) is 12.0 Å². The minimum atomic E-state index is -0.152. The molecule has 154 valence electrons. The van der Waals surface area contributed by atoms with Gasteiger partial charge in [0, 0.05) is 53.0 Å². The van der Waals surface area contributed by atoms with Crippen molar-refractivity contribution in [1.82, 2.24) is 20.4 Å². The van der Waals surface area contributed by atoms with Gasteiger partial charge >= 0.3 is 0 Å². The Morgan fingerprint density at radius 2 is 1.92 bits per heavy atom. The maximum absolute atomic E-state index is 12.5. The van der Waals surface area contributed by atoms with E-state index in [1.807, 2.05) is 11.8 Å². The van der Waals surface area contributed by atoms with Crippen LogP contribution in [0.15, 0.2) is 0 Å². The molecule has 2 heterocycles. The Labute approximate surface area is 169 Å². The first-order chi connectivity index (χ1) is 11.6. The van der Waals surface area contributed by atoms with Crippen LogP contribution in [0.5, 0.6) is 0 Å². The third-order valence-electron chi connectivity index (χ3n) is 5.02. The Hall–Kier alpha value is -0.600. The van der Waals surface area contributed by atoms with E-state index in [0.29, 0.717) is 13.2 Å². The minimum absolute atomic E-state index is 0. The zero-order valence-corrected chi connectivity index (χ0v) is 17.5. The molecule has 7 nitrogen and oxygen atoms in total. The van der Waals surface area contributed by atoms with Crippen LogP contribution in [0, 0.1) is 5.92 Å². The summed E-state index contributed by atoms with van der Waals surface area (Å²) in [6.45, 7) is 8.03.